The Labute approximate surface area is 120 Å². The van der Waals surface area contributed by atoms with Crippen LogP contribution in [-0.2, 0) is 9.53 Å². The second kappa shape index (κ2) is 6.76. The van der Waals surface area contributed by atoms with Crippen LogP contribution in [0.1, 0.15) is 75.2 Å². The average Bonchev–Trinajstić information content (AvgIpc) is 2.27. The summed E-state index contributed by atoms with van der Waals surface area (Å²) < 4.78 is 5.99. The maximum atomic E-state index is 12.4. The van der Waals surface area contributed by atoms with Crippen molar-refractivity contribution in [1.82, 2.24) is 0 Å². The van der Waals surface area contributed by atoms with Crippen molar-refractivity contribution in [2.75, 3.05) is 0 Å². The lowest BCUT2D eigenvalue weighted by atomic mass is 9.72. The van der Waals surface area contributed by atoms with Crippen LogP contribution in [0.5, 0.6) is 0 Å². The van der Waals surface area contributed by atoms with Gasteiger partial charge in [0.2, 0.25) is 0 Å². The predicted molar refractivity (Wildman–Crippen MR) is 82.0 cm³/mol. The van der Waals surface area contributed by atoms with E-state index in [0.29, 0.717) is 17.8 Å². The van der Waals surface area contributed by atoms with Gasteiger partial charge in [0.05, 0.1) is 5.41 Å². The van der Waals surface area contributed by atoms with Gasteiger partial charge in [0.1, 0.15) is 5.60 Å². The molecule has 0 saturated heterocycles. The van der Waals surface area contributed by atoms with Gasteiger partial charge in [-0.25, -0.2) is 0 Å². The fourth-order valence-electron chi connectivity index (χ4n) is 3.05. The van der Waals surface area contributed by atoms with E-state index in [-0.39, 0.29) is 11.6 Å². The zero-order valence-corrected chi connectivity index (χ0v) is 14.5. The van der Waals surface area contributed by atoms with Crippen molar-refractivity contribution in [3.05, 3.63) is 0 Å². The molecule has 0 saturated carbocycles. The molecule has 19 heavy (non-hydrogen) atoms. The van der Waals surface area contributed by atoms with Crippen molar-refractivity contribution < 1.29 is 9.53 Å². The normalized spacial score (nSPS) is 16.0. The number of carbonyl (C=O) groups is 1. The topological polar surface area (TPSA) is 26.3 Å². The van der Waals surface area contributed by atoms with E-state index < -0.39 is 5.41 Å². The molecule has 1 atom stereocenters. The molecule has 0 aromatic rings. The summed E-state index contributed by atoms with van der Waals surface area (Å²) >= 11 is 0. The summed E-state index contributed by atoms with van der Waals surface area (Å²) in [5, 5.41) is 0. The van der Waals surface area contributed by atoms with Gasteiger partial charge in [-0.15, -0.1) is 0 Å². The third-order valence-electron chi connectivity index (χ3n) is 4.61. The molecule has 0 heterocycles. The van der Waals surface area contributed by atoms with Crippen molar-refractivity contribution in [3.63, 3.8) is 0 Å². The molecule has 0 rings (SSSR count). The highest BCUT2D eigenvalue weighted by Gasteiger charge is 2.42. The Hall–Kier alpha value is -0.530. The Morgan fingerprint density at radius 2 is 1.37 bits per heavy atom. The summed E-state index contributed by atoms with van der Waals surface area (Å²) in [6.45, 7) is 19.1. The zero-order valence-electron chi connectivity index (χ0n) is 14.5. The second-order valence-corrected chi connectivity index (χ2v) is 7.31. The second-order valence-electron chi connectivity index (χ2n) is 7.31. The summed E-state index contributed by atoms with van der Waals surface area (Å²) in [6.07, 6.45) is 1.67. The molecule has 114 valence electrons. The Bertz CT molecular complexity index is 284. The SMILES string of the molecule is CCC(C)(C)C(=O)OC(C)(CC)C(C(C)C)C(C)C. The third-order valence-corrected chi connectivity index (χ3v) is 4.61. The first kappa shape index (κ1) is 18.5. The summed E-state index contributed by atoms with van der Waals surface area (Å²) in [4.78, 5) is 12.4. The van der Waals surface area contributed by atoms with Crippen molar-refractivity contribution >= 4 is 5.97 Å². The zero-order chi connectivity index (χ0) is 15.4. The molecule has 0 aliphatic heterocycles. The molecule has 0 aromatic heterocycles. The summed E-state index contributed by atoms with van der Waals surface area (Å²) in [5.41, 5.74) is -0.763. The molecule has 0 radical (unpaired) electrons. The molecule has 1 unspecified atom stereocenters. The molecule has 0 aliphatic rings. The number of hydrogen-bond donors (Lipinski definition) is 0. The van der Waals surface area contributed by atoms with E-state index in [4.69, 9.17) is 4.74 Å². The summed E-state index contributed by atoms with van der Waals surface area (Å²) in [7, 11) is 0. The van der Waals surface area contributed by atoms with Crippen LogP contribution in [0.3, 0.4) is 0 Å². The minimum absolute atomic E-state index is 0.0642. The predicted octanol–water partition coefficient (Wildman–Crippen LogP) is 5.06. The highest BCUT2D eigenvalue weighted by atomic mass is 16.6. The van der Waals surface area contributed by atoms with E-state index in [1.165, 1.54) is 0 Å². The van der Waals surface area contributed by atoms with Crippen LogP contribution in [0.2, 0.25) is 0 Å². The molecule has 0 fully saturated rings. The molecule has 0 bridgehead atoms. The standard InChI is InChI=1S/C17H34O2/c1-10-16(7,8)15(18)19-17(9,11-2)14(12(3)4)13(5)6/h12-14H,10-11H2,1-9H3. The lowest BCUT2D eigenvalue weighted by molar-refractivity contribution is -0.180. The van der Waals surface area contributed by atoms with Crippen LogP contribution >= 0.6 is 0 Å². The number of hydrogen-bond acceptors (Lipinski definition) is 2. The van der Waals surface area contributed by atoms with Gasteiger partial charge < -0.3 is 4.74 Å². The van der Waals surface area contributed by atoms with Crippen molar-refractivity contribution in [2.24, 2.45) is 23.2 Å². The van der Waals surface area contributed by atoms with E-state index >= 15 is 0 Å². The van der Waals surface area contributed by atoms with Crippen LogP contribution < -0.4 is 0 Å². The smallest absolute Gasteiger partial charge is 0.312 e. The van der Waals surface area contributed by atoms with Crippen molar-refractivity contribution in [1.29, 1.82) is 0 Å². The highest BCUT2D eigenvalue weighted by Crippen LogP contribution is 2.38. The minimum Gasteiger partial charge on any atom is -0.459 e. The summed E-state index contributed by atoms with van der Waals surface area (Å²) in [6, 6.07) is 0. The maximum Gasteiger partial charge on any atom is 0.312 e. The number of carbonyl (C=O) groups excluding carboxylic acids is 1. The first-order chi connectivity index (χ1) is 8.51. The van der Waals surface area contributed by atoms with Gasteiger partial charge in [-0.1, -0.05) is 41.5 Å². The van der Waals surface area contributed by atoms with Crippen molar-refractivity contribution in [3.8, 4) is 0 Å². The maximum absolute atomic E-state index is 12.4. The van der Waals surface area contributed by atoms with Gasteiger partial charge in [0, 0.05) is 5.92 Å². The van der Waals surface area contributed by atoms with Crippen LogP contribution in [0.25, 0.3) is 0 Å². The molecule has 2 nitrogen and oxygen atoms in total. The summed E-state index contributed by atoms with van der Waals surface area (Å²) in [5.74, 6) is 1.32. The monoisotopic (exact) mass is 270 g/mol. The van der Waals surface area contributed by atoms with Crippen molar-refractivity contribution in [2.45, 2.75) is 80.8 Å². The Kier molecular flexibility index (Phi) is 6.57. The van der Waals surface area contributed by atoms with E-state index in [1.807, 2.05) is 20.8 Å². The van der Waals surface area contributed by atoms with Crippen LogP contribution in [0.15, 0.2) is 0 Å². The first-order valence-corrected chi connectivity index (χ1v) is 7.75. The third kappa shape index (κ3) is 4.50. The Morgan fingerprint density at radius 3 is 1.63 bits per heavy atom. The van der Waals surface area contributed by atoms with Gasteiger partial charge in [-0.2, -0.15) is 0 Å². The molecule has 0 aliphatic carbocycles. The van der Waals surface area contributed by atoms with E-state index in [0.717, 1.165) is 12.8 Å². The molecular formula is C17H34O2. The van der Waals surface area contributed by atoms with Gasteiger partial charge in [-0.05, 0) is 45.4 Å². The number of rotatable bonds is 7. The Balaban J connectivity index is 5.21. The van der Waals surface area contributed by atoms with Crippen LogP contribution in [0.4, 0.5) is 0 Å². The first-order valence-electron chi connectivity index (χ1n) is 7.75. The molecule has 0 amide bonds. The number of esters is 1. The van der Waals surface area contributed by atoms with E-state index in [9.17, 15) is 4.79 Å². The molecular weight excluding hydrogens is 236 g/mol. The van der Waals surface area contributed by atoms with E-state index in [1.54, 1.807) is 0 Å². The quantitative estimate of drug-likeness (QED) is 0.604. The highest BCUT2D eigenvalue weighted by molar-refractivity contribution is 5.76. The Morgan fingerprint density at radius 1 is 0.947 bits per heavy atom. The molecule has 0 aromatic carbocycles. The molecule has 2 heteroatoms. The van der Waals surface area contributed by atoms with Crippen LogP contribution in [-0.4, -0.2) is 11.6 Å². The van der Waals surface area contributed by atoms with Gasteiger partial charge in [0.15, 0.2) is 0 Å². The van der Waals surface area contributed by atoms with Gasteiger partial charge in [-0.3, -0.25) is 4.79 Å². The fourth-order valence-corrected chi connectivity index (χ4v) is 3.05. The van der Waals surface area contributed by atoms with Gasteiger partial charge in [0.25, 0.3) is 0 Å². The fraction of sp³-hybridized carbons (Fsp3) is 0.941. The largest absolute Gasteiger partial charge is 0.459 e. The lowest BCUT2D eigenvalue weighted by Gasteiger charge is -2.43. The van der Waals surface area contributed by atoms with Crippen LogP contribution in [0, 0.1) is 23.2 Å². The molecule has 0 N–H and O–H groups in total. The van der Waals surface area contributed by atoms with Gasteiger partial charge >= 0.3 is 5.97 Å². The minimum atomic E-state index is -0.394. The van der Waals surface area contributed by atoms with E-state index in [2.05, 4.69) is 41.5 Å². The molecule has 0 spiro atoms. The average molecular weight is 270 g/mol. The number of ether oxygens (including phenoxy) is 1. The lowest BCUT2D eigenvalue weighted by Crippen LogP contribution is -2.46.